The van der Waals surface area contributed by atoms with Crippen LogP contribution in [0, 0.1) is 0 Å². The maximum Gasteiger partial charge on any atom is 0.334 e. The first-order chi connectivity index (χ1) is 9.16. The van der Waals surface area contributed by atoms with Gasteiger partial charge in [-0.15, -0.1) is 0 Å². The highest BCUT2D eigenvalue weighted by molar-refractivity contribution is 5.90. The number of ether oxygens (including phenoxy) is 1. The lowest BCUT2D eigenvalue weighted by molar-refractivity contribution is 0.0536. The third kappa shape index (κ3) is 1.97. The predicted molar refractivity (Wildman–Crippen MR) is 70.2 cm³/mol. The summed E-state index contributed by atoms with van der Waals surface area (Å²) in [5, 5.41) is 0. The molecule has 1 saturated heterocycles. The zero-order valence-corrected chi connectivity index (χ0v) is 10.3. The first-order valence-electron chi connectivity index (χ1n) is 6.04. The molecule has 0 atom stereocenters. The Morgan fingerprint density at radius 3 is 2.79 bits per heavy atom. The Morgan fingerprint density at radius 2 is 2.05 bits per heavy atom. The molecule has 0 radical (unpaired) electrons. The summed E-state index contributed by atoms with van der Waals surface area (Å²) >= 11 is 0. The van der Waals surface area contributed by atoms with Crippen LogP contribution in [0.1, 0.15) is 0 Å². The number of nitrogens with zero attached hydrogens (tertiary/aromatic N) is 2. The second kappa shape index (κ2) is 4.43. The quantitative estimate of drug-likeness (QED) is 0.664. The minimum Gasteiger partial charge on any atom is -0.399 e. The zero-order chi connectivity index (χ0) is 13.4. The maximum atomic E-state index is 12.4. The minimum absolute atomic E-state index is 0.342. The topological polar surface area (TPSA) is 93.3 Å². The van der Waals surface area contributed by atoms with Gasteiger partial charge in [-0.25, -0.2) is 14.2 Å². The number of imidazole rings is 1. The molecule has 2 aromatic rings. The Kier molecular flexibility index (Phi) is 2.75. The molecule has 7 heteroatoms. The summed E-state index contributed by atoms with van der Waals surface area (Å²) < 4.78 is 6.32. The van der Waals surface area contributed by atoms with E-state index >= 15 is 0 Å². The minimum atomic E-state index is -0.447. The van der Waals surface area contributed by atoms with Gasteiger partial charge in [0.05, 0.1) is 24.2 Å². The Bertz CT molecular complexity index is 682. The van der Waals surface area contributed by atoms with Crippen LogP contribution >= 0.6 is 0 Å². The summed E-state index contributed by atoms with van der Waals surface area (Å²) in [4.78, 5) is 28.5. The molecule has 2 heterocycles. The number of hydrogen-bond donors (Lipinski definition) is 2. The smallest absolute Gasteiger partial charge is 0.334 e. The van der Waals surface area contributed by atoms with Gasteiger partial charge in [0.1, 0.15) is 0 Å². The van der Waals surface area contributed by atoms with Crippen molar-refractivity contribution in [2.75, 3.05) is 32.0 Å². The second-order valence-corrected chi connectivity index (χ2v) is 4.42. The van der Waals surface area contributed by atoms with Crippen LogP contribution in [-0.2, 0) is 4.74 Å². The number of benzene rings is 1. The molecule has 0 spiro atoms. The second-order valence-electron chi connectivity index (χ2n) is 4.42. The van der Waals surface area contributed by atoms with Crippen molar-refractivity contribution in [2.45, 2.75) is 0 Å². The number of hydrogen-bond acceptors (Lipinski definition) is 4. The van der Waals surface area contributed by atoms with E-state index in [0.717, 1.165) is 4.57 Å². The SMILES string of the molecule is Nc1ccc2[nH]c(=O)n(C(=O)N3CCOCC3)c2c1. The van der Waals surface area contributed by atoms with Crippen LogP contribution in [0.3, 0.4) is 0 Å². The number of aromatic amines is 1. The van der Waals surface area contributed by atoms with Crippen molar-refractivity contribution in [1.82, 2.24) is 14.5 Å². The molecule has 0 saturated carbocycles. The molecular formula is C12H14N4O3. The molecule has 7 nitrogen and oxygen atoms in total. The lowest BCUT2D eigenvalue weighted by Gasteiger charge is -2.26. The van der Waals surface area contributed by atoms with Crippen LogP contribution in [0.2, 0.25) is 0 Å². The largest absolute Gasteiger partial charge is 0.399 e. The van der Waals surface area contributed by atoms with Crippen molar-refractivity contribution in [3.05, 3.63) is 28.7 Å². The summed E-state index contributed by atoms with van der Waals surface area (Å²) in [5.74, 6) is 0. The van der Waals surface area contributed by atoms with Crippen LogP contribution in [0.15, 0.2) is 23.0 Å². The molecule has 1 aromatic carbocycles. The fourth-order valence-corrected chi connectivity index (χ4v) is 2.21. The Balaban J connectivity index is 2.08. The summed E-state index contributed by atoms with van der Waals surface area (Å²) in [6.45, 7) is 1.95. The van der Waals surface area contributed by atoms with E-state index < -0.39 is 5.69 Å². The number of nitrogens with two attached hydrogens (primary N) is 1. The third-order valence-corrected chi connectivity index (χ3v) is 3.18. The lowest BCUT2D eigenvalue weighted by atomic mass is 10.3. The van der Waals surface area contributed by atoms with E-state index in [2.05, 4.69) is 4.98 Å². The van der Waals surface area contributed by atoms with E-state index in [9.17, 15) is 9.59 Å². The van der Waals surface area contributed by atoms with Crippen molar-refractivity contribution in [1.29, 1.82) is 0 Å². The normalized spacial score (nSPS) is 15.9. The van der Waals surface area contributed by atoms with Crippen molar-refractivity contribution in [2.24, 2.45) is 0 Å². The van der Waals surface area contributed by atoms with E-state index in [1.165, 1.54) is 0 Å². The molecule has 1 aromatic heterocycles. The van der Waals surface area contributed by atoms with Crippen LogP contribution in [0.25, 0.3) is 11.0 Å². The van der Waals surface area contributed by atoms with Gasteiger partial charge in [0.15, 0.2) is 0 Å². The highest BCUT2D eigenvalue weighted by atomic mass is 16.5. The summed E-state index contributed by atoms with van der Waals surface area (Å²) in [7, 11) is 0. The molecule has 1 amide bonds. The highest BCUT2D eigenvalue weighted by Crippen LogP contribution is 2.15. The van der Waals surface area contributed by atoms with Crippen LogP contribution in [0.5, 0.6) is 0 Å². The van der Waals surface area contributed by atoms with Gasteiger partial charge in [0.2, 0.25) is 0 Å². The van der Waals surface area contributed by atoms with Gasteiger partial charge >= 0.3 is 11.7 Å². The summed E-state index contributed by atoms with van der Waals surface area (Å²) in [6.07, 6.45) is 0. The van der Waals surface area contributed by atoms with E-state index in [4.69, 9.17) is 10.5 Å². The Morgan fingerprint density at radius 1 is 1.32 bits per heavy atom. The average Bonchev–Trinajstić information content (AvgIpc) is 2.74. The third-order valence-electron chi connectivity index (χ3n) is 3.18. The molecule has 1 aliphatic heterocycles. The number of nitrogens with one attached hydrogen (secondary N) is 1. The van der Waals surface area contributed by atoms with Gasteiger partial charge in [0, 0.05) is 18.8 Å². The Labute approximate surface area is 108 Å². The van der Waals surface area contributed by atoms with E-state index in [1.807, 2.05) is 0 Å². The lowest BCUT2D eigenvalue weighted by Crippen LogP contribution is -2.45. The number of rotatable bonds is 0. The van der Waals surface area contributed by atoms with Gasteiger partial charge in [0.25, 0.3) is 0 Å². The number of carbonyl (C=O) groups is 1. The van der Waals surface area contributed by atoms with Crippen LogP contribution < -0.4 is 11.4 Å². The average molecular weight is 262 g/mol. The fraction of sp³-hybridized carbons (Fsp3) is 0.333. The van der Waals surface area contributed by atoms with E-state index in [1.54, 1.807) is 23.1 Å². The fourth-order valence-electron chi connectivity index (χ4n) is 2.21. The summed E-state index contributed by atoms with van der Waals surface area (Å²) in [5.41, 5.74) is 6.87. The van der Waals surface area contributed by atoms with Crippen LogP contribution in [0.4, 0.5) is 10.5 Å². The highest BCUT2D eigenvalue weighted by Gasteiger charge is 2.22. The molecule has 3 N–H and O–H groups in total. The number of aromatic nitrogens is 2. The van der Waals surface area contributed by atoms with Gasteiger partial charge < -0.3 is 20.4 Å². The number of anilines is 1. The van der Waals surface area contributed by atoms with Gasteiger partial charge in [-0.05, 0) is 18.2 Å². The molecule has 1 fully saturated rings. The predicted octanol–water partition coefficient (Wildman–Crippen LogP) is 0.212. The molecule has 100 valence electrons. The van der Waals surface area contributed by atoms with E-state index in [0.29, 0.717) is 43.0 Å². The monoisotopic (exact) mass is 262 g/mol. The van der Waals surface area contributed by atoms with Crippen molar-refractivity contribution >= 4 is 22.8 Å². The number of nitrogen functional groups attached to an aromatic ring is 1. The van der Waals surface area contributed by atoms with Gasteiger partial charge in [-0.1, -0.05) is 0 Å². The van der Waals surface area contributed by atoms with E-state index in [-0.39, 0.29) is 6.03 Å². The number of morpholine rings is 1. The van der Waals surface area contributed by atoms with Crippen molar-refractivity contribution < 1.29 is 9.53 Å². The zero-order valence-electron chi connectivity index (χ0n) is 10.3. The molecule has 3 rings (SSSR count). The molecule has 0 aliphatic carbocycles. The first-order valence-corrected chi connectivity index (χ1v) is 6.04. The number of H-pyrrole nitrogens is 1. The first kappa shape index (κ1) is 11.8. The molecular weight excluding hydrogens is 248 g/mol. The molecule has 1 aliphatic rings. The van der Waals surface area contributed by atoms with Crippen molar-refractivity contribution in [3.63, 3.8) is 0 Å². The van der Waals surface area contributed by atoms with Gasteiger partial charge in [-0.2, -0.15) is 0 Å². The molecule has 0 bridgehead atoms. The molecule has 19 heavy (non-hydrogen) atoms. The maximum absolute atomic E-state index is 12.4. The Hall–Kier alpha value is -2.28. The standard InChI is InChI=1S/C12H14N4O3/c13-8-1-2-9-10(7-8)16(11(17)14-9)12(18)15-3-5-19-6-4-15/h1-2,7H,3-6,13H2,(H,14,17). The summed E-state index contributed by atoms with van der Waals surface area (Å²) in [6, 6.07) is 4.65. The van der Waals surface area contributed by atoms with Gasteiger partial charge in [-0.3, -0.25) is 0 Å². The van der Waals surface area contributed by atoms with Crippen molar-refractivity contribution in [3.8, 4) is 0 Å². The number of fused-ring (bicyclic) bond motifs is 1. The number of carbonyl (C=O) groups excluding carboxylic acids is 1. The number of amides is 1. The molecule has 0 unspecified atom stereocenters. The van der Waals surface area contributed by atoms with Crippen LogP contribution in [-0.4, -0.2) is 46.8 Å².